The summed E-state index contributed by atoms with van der Waals surface area (Å²) in [5.74, 6) is 0.0707. The maximum Gasteiger partial charge on any atom is 0.257 e. The Balaban J connectivity index is 2.03. The summed E-state index contributed by atoms with van der Waals surface area (Å²) >= 11 is 0. The van der Waals surface area contributed by atoms with Gasteiger partial charge in [-0.25, -0.2) is 0 Å². The van der Waals surface area contributed by atoms with Crippen LogP contribution in [0.4, 0.5) is 0 Å². The van der Waals surface area contributed by atoms with Crippen LogP contribution in [0.2, 0.25) is 0 Å². The molecule has 4 rings (SSSR count). The lowest BCUT2D eigenvalue weighted by atomic mass is 9.93. The van der Waals surface area contributed by atoms with E-state index < -0.39 is 5.72 Å². The molecule has 0 bridgehead atoms. The molecule has 2 aliphatic heterocycles. The summed E-state index contributed by atoms with van der Waals surface area (Å²) in [5, 5.41) is 0. The molecule has 0 spiro atoms. The molecule has 2 heterocycles. The predicted molar refractivity (Wildman–Crippen MR) is 75.4 cm³/mol. The maximum atomic E-state index is 12.6. The lowest BCUT2D eigenvalue weighted by Gasteiger charge is -2.32. The molecular weight excluding hydrogens is 250 g/mol. The Morgan fingerprint density at radius 1 is 1.15 bits per heavy atom. The number of benzene rings is 2. The van der Waals surface area contributed by atoms with Crippen molar-refractivity contribution in [2.75, 3.05) is 13.2 Å². The molecule has 0 radical (unpaired) electrons. The Labute approximate surface area is 117 Å². The van der Waals surface area contributed by atoms with Gasteiger partial charge in [0, 0.05) is 23.2 Å². The number of amides is 1. The highest BCUT2D eigenvalue weighted by Gasteiger charge is 2.55. The zero-order valence-corrected chi connectivity index (χ0v) is 11.3. The number of fused-ring (bicyclic) bond motifs is 3. The first kappa shape index (κ1) is 11.7. The lowest BCUT2D eigenvalue weighted by Crippen LogP contribution is -2.40. The van der Waals surface area contributed by atoms with Crippen LogP contribution < -0.4 is 0 Å². The zero-order valence-electron chi connectivity index (χ0n) is 11.3. The van der Waals surface area contributed by atoms with Crippen molar-refractivity contribution in [2.24, 2.45) is 0 Å². The standard InChI is InChI=1S/C17H15NO2/c1-12-7-8-14-15(11-12)17(13-5-3-2-4-6-13)18(16(14)19)9-10-20-17/h2-8,11H,9-10H2,1H3. The van der Waals surface area contributed by atoms with Crippen molar-refractivity contribution in [1.82, 2.24) is 4.90 Å². The van der Waals surface area contributed by atoms with Crippen LogP contribution in [0.1, 0.15) is 27.0 Å². The van der Waals surface area contributed by atoms with Crippen LogP contribution in [0.15, 0.2) is 48.5 Å². The number of nitrogens with zero attached hydrogens (tertiary/aromatic N) is 1. The van der Waals surface area contributed by atoms with Gasteiger partial charge in [0.15, 0.2) is 5.72 Å². The van der Waals surface area contributed by atoms with E-state index in [9.17, 15) is 4.79 Å². The Kier molecular flexibility index (Phi) is 2.30. The van der Waals surface area contributed by atoms with Crippen molar-refractivity contribution < 1.29 is 9.53 Å². The maximum absolute atomic E-state index is 12.6. The number of hydrogen-bond acceptors (Lipinski definition) is 2. The summed E-state index contributed by atoms with van der Waals surface area (Å²) in [6, 6.07) is 16.0. The van der Waals surface area contributed by atoms with E-state index in [4.69, 9.17) is 4.74 Å². The first-order valence-corrected chi connectivity index (χ1v) is 6.86. The minimum absolute atomic E-state index is 0.0707. The van der Waals surface area contributed by atoms with Gasteiger partial charge < -0.3 is 4.74 Å². The number of carbonyl (C=O) groups is 1. The van der Waals surface area contributed by atoms with Crippen LogP contribution in [-0.4, -0.2) is 24.0 Å². The van der Waals surface area contributed by atoms with Gasteiger partial charge in [0.1, 0.15) is 0 Å². The molecule has 100 valence electrons. The summed E-state index contributed by atoms with van der Waals surface area (Å²) in [6.45, 7) is 3.26. The van der Waals surface area contributed by atoms with Gasteiger partial charge in [-0.15, -0.1) is 0 Å². The lowest BCUT2D eigenvalue weighted by molar-refractivity contribution is -0.0304. The van der Waals surface area contributed by atoms with Crippen molar-refractivity contribution in [1.29, 1.82) is 0 Å². The number of rotatable bonds is 1. The molecule has 1 atom stereocenters. The summed E-state index contributed by atoms with van der Waals surface area (Å²) in [5.41, 5.74) is 3.18. The molecule has 2 aromatic carbocycles. The fourth-order valence-corrected chi connectivity index (χ4v) is 3.32. The molecule has 2 aromatic rings. The second-order valence-electron chi connectivity index (χ2n) is 5.36. The van der Waals surface area contributed by atoms with Crippen molar-refractivity contribution >= 4 is 5.91 Å². The Morgan fingerprint density at radius 2 is 1.95 bits per heavy atom. The van der Waals surface area contributed by atoms with Gasteiger partial charge in [0.05, 0.1) is 6.61 Å². The van der Waals surface area contributed by atoms with Crippen LogP contribution in [-0.2, 0) is 10.5 Å². The minimum Gasteiger partial charge on any atom is -0.345 e. The van der Waals surface area contributed by atoms with Crippen LogP contribution in [0.5, 0.6) is 0 Å². The second kappa shape index (κ2) is 3.93. The number of ether oxygens (including phenoxy) is 1. The molecule has 3 nitrogen and oxygen atoms in total. The Hall–Kier alpha value is -2.13. The second-order valence-corrected chi connectivity index (χ2v) is 5.36. The average Bonchev–Trinajstić information content (AvgIpc) is 3.01. The number of carbonyl (C=O) groups excluding carboxylic acids is 1. The molecular formula is C17H15NO2. The third kappa shape index (κ3) is 1.30. The van der Waals surface area contributed by atoms with Gasteiger partial charge in [0.25, 0.3) is 5.91 Å². The molecule has 3 heteroatoms. The van der Waals surface area contributed by atoms with Gasteiger partial charge in [-0.1, -0.05) is 48.0 Å². The third-order valence-corrected chi connectivity index (χ3v) is 4.19. The third-order valence-electron chi connectivity index (χ3n) is 4.19. The number of hydrogen-bond donors (Lipinski definition) is 0. The van der Waals surface area contributed by atoms with Crippen LogP contribution in [0.3, 0.4) is 0 Å². The average molecular weight is 265 g/mol. The normalized spacial score (nSPS) is 23.9. The fraction of sp³-hybridized carbons (Fsp3) is 0.235. The predicted octanol–water partition coefficient (Wildman–Crippen LogP) is 2.68. The molecule has 20 heavy (non-hydrogen) atoms. The summed E-state index contributed by atoms with van der Waals surface area (Å²) < 4.78 is 6.11. The van der Waals surface area contributed by atoms with Crippen LogP contribution in [0, 0.1) is 6.92 Å². The van der Waals surface area contributed by atoms with Gasteiger partial charge in [0.2, 0.25) is 0 Å². The SMILES string of the molecule is Cc1ccc2c(c1)C1(c3ccccc3)OCCN1C2=O. The fourth-order valence-electron chi connectivity index (χ4n) is 3.32. The summed E-state index contributed by atoms with van der Waals surface area (Å²) in [4.78, 5) is 14.5. The summed E-state index contributed by atoms with van der Waals surface area (Å²) in [6.07, 6.45) is 0. The molecule has 1 saturated heterocycles. The molecule has 1 unspecified atom stereocenters. The number of aryl methyl sites for hydroxylation is 1. The quantitative estimate of drug-likeness (QED) is 0.793. The van der Waals surface area contributed by atoms with Gasteiger partial charge in [-0.05, 0) is 13.0 Å². The monoisotopic (exact) mass is 265 g/mol. The molecule has 0 aliphatic carbocycles. The van der Waals surface area contributed by atoms with Crippen molar-refractivity contribution in [3.8, 4) is 0 Å². The highest BCUT2D eigenvalue weighted by Crippen LogP contribution is 2.47. The molecule has 0 saturated carbocycles. The first-order chi connectivity index (χ1) is 9.73. The smallest absolute Gasteiger partial charge is 0.257 e. The Bertz CT molecular complexity index is 695. The van der Waals surface area contributed by atoms with Gasteiger partial charge in [-0.3, -0.25) is 9.69 Å². The van der Waals surface area contributed by atoms with Gasteiger partial charge in [-0.2, -0.15) is 0 Å². The Morgan fingerprint density at radius 3 is 2.75 bits per heavy atom. The minimum atomic E-state index is -0.723. The van der Waals surface area contributed by atoms with Crippen molar-refractivity contribution in [3.63, 3.8) is 0 Å². The van der Waals surface area contributed by atoms with E-state index >= 15 is 0 Å². The highest BCUT2D eigenvalue weighted by molar-refractivity contribution is 6.00. The summed E-state index contributed by atoms with van der Waals surface area (Å²) in [7, 11) is 0. The van der Waals surface area contributed by atoms with Crippen LogP contribution >= 0.6 is 0 Å². The van der Waals surface area contributed by atoms with Crippen molar-refractivity contribution in [3.05, 3.63) is 70.8 Å². The van der Waals surface area contributed by atoms with Crippen LogP contribution in [0.25, 0.3) is 0 Å². The molecule has 1 amide bonds. The largest absolute Gasteiger partial charge is 0.345 e. The first-order valence-electron chi connectivity index (χ1n) is 6.86. The van der Waals surface area contributed by atoms with E-state index in [1.807, 2.05) is 54.3 Å². The molecule has 1 fully saturated rings. The van der Waals surface area contributed by atoms with E-state index in [0.29, 0.717) is 13.2 Å². The van der Waals surface area contributed by atoms with E-state index in [-0.39, 0.29) is 5.91 Å². The van der Waals surface area contributed by atoms with Gasteiger partial charge >= 0.3 is 0 Å². The van der Waals surface area contributed by atoms with E-state index in [2.05, 4.69) is 6.07 Å². The van der Waals surface area contributed by atoms with E-state index in [1.54, 1.807) is 0 Å². The van der Waals surface area contributed by atoms with E-state index in [1.165, 1.54) is 0 Å². The topological polar surface area (TPSA) is 29.5 Å². The van der Waals surface area contributed by atoms with E-state index in [0.717, 1.165) is 22.3 Å². The highest BCUT2D eigenvalue weighted by atomic mass is 16.5. The molecule has 0 aromatic heterocycles. The molecule has 0 N–H and O–H groups in total. The van der Waals surface area contributed by atoms with Crippen molar-refractivity contribution in [2.45, 2.75) is 12.6 Å². The molecule has 2 aliphatic rings. The zero-order chi connectivity index (χ0) is 13.7.